The van der Waals surface area contributed by atoms with Gasteiger partial charge in [0.1, 0.15) is 0 Å². The highest BCUT2D eigenvalue weighted by atomic mass is 35.5. The lowest BCUT2D eigenvalue weighted by atomic mass is 9.99. The van der Waals surface area contributed by atoms with Gasteiger partial charge in [-0.2, -0.15) is 0 Å². The molecule has 2 heterocycles. The predicted octanol–water partition coefficient (Wildman–Crippen LogP) is 0.389. The van der Waals surface area contributed by atoms with Crippen LogP contribution in [0.3, 0.4) is 0 Å². The summed E-state index contributed by atoms with van der Waals surface area (Å²) in [4.78, 5) is 14.0. The zero-order chi connectivity index (χ0) is 10.8. The summed E-state index contributed by atoms with van der Waals surface area (Å²) in [5.41, 5.74) is 0. The fourth-order valence-corrected chi connectivity index (χ4v) is 2.52. The Labute approximate surface area is 103 Å². The number of carbonyl (C=O) groups excluding carboxylic acids is 1. The summed E-state index contributed by atoms with van der Waals surface area (Å²) in [5.74, 6) is 0.798. The summed E-state index contributed by atoms with van der Waals surface area (Å²) in [7, 11) is 0. The van der Waals surface area contributed by atoms with Crippen LogP contribution in [-0.4, -0.2) is 47.7 Å². The van der Waals surface area contributed by atoms with Crippen LogP contribution >= 0.6 is 12.4 Å². The lowest BCUT2D eigenvalue weighted by Gasteiger charge is -2.32. The van der Waals surface area contributed by atoms with E-state index in [2.05, 4.69) is 12.2 Å². The Morgan fingerprint density at radius 2 is 2.25 bits per heavy atom. The van der Waals surface area contributed by atoms with Crippen molar-refractivity contribution in [3.05, 3.63) is 0 Å². The third kappa shape index (κ3) is 3.09. The zero-order valence-electron chi connectivity index (χ0n) is 9.69. The van der Waals surface area contributed by atoms with Gasteiger partial charge in [0, 0.05) is 19.6 Å². The maximum absolute atomic E-state index is 12.0. The molecular weight excluding hydrogens is 228 g/mol. The Morgan fingerprint density at radius 3 is 2.81 bits per heavy atom. The fourth-order valence-electron chi connectivity index (χ4n) is 2.52. The molecule has 4 nitrogen and oxygen atoms in total. The van der Waals surface area contributed by atoms with Crippen molar-refractivity contribution >= 4 is 18.3 Å². The van der Waals surface area contributed by atoms with Gasteiger partial charge in [0.2, 0.25) is 5.91 Å². The van der Waals surface area contributed by atoms with Crippen LogP contribution in [0.2, 0.25) is 0 Å². The maximum atomic E-state index is 12.0. The second-order valence-electron chi connectivity index (χ2n) is 4.88. The predicted molar refractivity (Wildman–Crippen MR) is 64.6 cm³/mol. The van der Waals surface area contributed by atoms with E-state index in [1.807, 2.05) is 4.90 Å². The van der Waals surface area contributed by atoms with Crippen molar-refractivity contribution in [1.82, 2.24) is 10.2 Å². The van der Waals surface area contributed by atoms with E-state index in [0.717, 1.165) is 19.5 Å². The average molecular weight is 249 g/mol. The number of nitrogens with one attached hydrogen (secondary N) is 1. The van der Waals surface area contributed by atoms with Crippen LogP contribution < -0.4 is 5.32 Å². The summed E-state index contributed by atoms with van der Waals surface area (Å²) in [6.45, 7) is 4.51. The molecule has 0 radical (unpaired) electrons. The molecule has 0 spiro atoms. The minimum Gasteiger partial charge on any atom is -0.392 e. The first-order chi connectivity index (χ1) is 7.16. The van der Waals surface area contributed by atoms with Crippen LogP contribution in [0.4, 0.5) is 0 Å². The molecule has 0 aromatic rings. The quantitative estimate of drug-likeness (QED) is 0.706. The topological polar surface area (TPSA) is 52.6 Å². The highest BCUT2D eigenvalue weighted by Gasteiger charge is 2.32. The molecule has 0 aliphatic carbocycles. The summed E-state index contributed by atoms with van der Waals surface area (Å²) >= 11 is 0. The normalized spacial score (nSPS) is 34.6. The Hall–Kier alpha value is -0.320. The number of hydrogen-bond donors (Lipinski definition) is 2. The lowest BCUT2D eigenvalue weighted by Crippen LogP contribution is -2.47. The van der Waals surface area contributed by atoms with E-state index in [-0.39, 0.29) is 30.5 Å². The summed E-state index contributed by atoms with van der Waals surface area (Å²) in [5, 5.41) is 12.4. The number of amides is 1. The highest BCUT2D eigenvalue weighted by Crippen LogP contribution is 2.18. The molecule has 94 valence electrons. The molecule has 1 unspecified atom stereocenters. The first kappa shape index (κ1) is 13.7. The van der Waals surface area contributed by atoms with Crippen molar-refractivity contribution in [1.29, 1.82) is 0 Å². The monoisotopic (exact) mass is 248 g/mol. The minimum atomic E-state index is -0.346. The lowest BCUT2D eigenvalue weighted by molar-refractivity contribution is -0.134. The van der Waals surface area contributed by atoms with E-state index in [1.54, 1.807) is 0 Å². The number of likely N-dealkylation sites (tertiary alicyclic amines) is 1. The molecule has 1 amide bonds. The SMILES string of the molecule is CC1CCCN(C(=O)[C@H]2C[C@H](O)CN2)C1.Cl. The van der Waals surface area contributed by atoms with Gasteiger partial charge < -0.3 is 15.3 Å². The maximum Gasteiger partial charge on any atom is 0.239 e. The van der Waals surface area contributed by atoms with Gasteiger partial charge in [0.05, 0.1) is 12.1 Å². The molecular formula is C11H21ClN2O2. The number of carbonyl (C=O) groups is 1. The molecule has 0 saturated carbocycles. The molecule has 16 heavy (non-hydrogen) atoms. The van der Waals surface area contributed by atoms with E-state index in [1.165, 1.54) is 6.42 Å². The molecule has 0 bridgehead atoms. The standard InChI is InChI=1S/C11H20N2O2.ClH/c1-8-3-2-4-13(7-8)11(15)10-5-9(14)6-12-10;/h8-10,12,14H,2-7H2,1H3;1H/t8?,9-,10+;/m0./s1. The van der Waals surface area contributed by atoms with Crippen LogP contribution in [0.25, 0.3) is 0 Å². The van der Waals surface area contributed by atoms with E-state index < -0.39 is 0 Å². The highest BCUT2D eigenvalue weighted by molar-refractivity contribution is 5.85. The van der Waals surface area contributed by atoms with Crippen molar-refractivity contribution < 1.29 is 9.90 Å². The number of piperidine rings is 1. The Kier molecular flexibility index (Phi) is 5.02. The van der Waals surface area contributed by atoms with Gasteiger partial charge in [-0.05, 0) is 25.2 Å². The van der Waals surface area contributed by atoms with Crippen molar-refractivity contribution in [2.24, 2.45) is 5.92 Å². The van der Waals surface area contributed by atoms with E-state index in [0.29, 0.717) is 18.9 Å². The summed E-state index contributed by atoms with van der Waals surface area (Å²) in [6, 6.07) is -0.148. The number of nitrogens with zero attached hydrogens (tertiary/aromatic N) is 1. The van der Waals surface area contributed by atoms with Crippen molar-refractivity contribution in [3.63, 3.8) is 0 Å². The smallest absolute Gasteiger partial charge is 0.239 e. The minimum absolute atomic E-state index is 0. The number of hydrogen-bond acceptors (Lipinski definition) is 3. The van der Waals surface area contributed by atoms with Crippen molar-refractivity contribution in [2.45, 2.75) is 38.3 Å². The number of rotatable bonds is 1. The van der Waals surface area contributed by atoms with Crippen LogP contribution in [0.1, 0.15) is 26.2 Å². The van der Waals surface area contributed by atoms with Gasteiger partial charge in [0.25, 0.3) is 0 Å². The van der Waals surface area contributed by atoms with Crippen LogP contribution in [-0.2, 0) is 4.79 Å². The molecule has 2 fully saturated rings. The Bertz CT molecular complexity index is 250. The molecule has 3 atom stereocenters. The fraction of sp³-hybridized carbons (Fsp3) is 0.909. The van der Waals surface area contributed by atoms with Crippen molar-refractivity contribution in [2.75, 3.05) is 19.6 Å². The van der Waals surface area contributed by atoms with Crippen LogP contribution in [0, 0.1) is 5.92 Å². The number of aliphatic hydroxyl groups is 1. The second kappa shape index (κ2) is 5.84. The first-order valence-corrected chi connectivity index (χ1v) is 5.87. The molecule has 0 aromatic carbocycles. The van der Waals surface area contributed by atoms with E-state index in [9.17, 15) is 9.90 Å². The van der Waals surface area contributed by atoms with Gasteiger partial charge in [-0.25, -0.2) is 0 Å². The molecule has 2 N–H and O–H groups in total. The number of aliphatic hydroxyl groups excluding tert-OH is 1. The van der Waals surface area contributed by atoms with Gasteiger partial charge in [0.15, 0.2) is 0 Å². The third-order valence-electron chi connectivity index (χ3n) is 3.37. The van der Waals surface area contributed by atoms with Crippen molar-refractivity contribution in [3.8, 4) is 0 Å². The molecule has 2 aliphatic rings. The molecule has 0 aromatic heterocycles. The molecule has 5 heteroatoms. The molecule has 2 aliphatic heterocycles. The van der Waals surface area contributed by atoms with Crippen LogP contribution in [0.15, 0.2) is 0 Å². The van der Waals surface area contributed by atoms with E-state index >= 15 is 0 Å². The second-order valence-corrected chi connectivity index (χ2v) is 4.88. The van der Waals surface area contributed by atoms with E-state index in [4.69, 9.17) is 0 Å². The van der Waals surface area contributed by atoms with Gasteiger partial charge in [-0.1, -0.05) is 6.92 Å². The average Bonchev–Trinajstić information content (AvgIpc) is 2.64. The summed E-state index contributed by atoms with van der Waals surface area (Å²) in [6.07, 6.45) is 2.57. The third-order valence-corrected chi connectivity index (χ3v) is 3.37. The van der Waals surface area contributed by atoms with Gasteiger partial charge in [-0.3, -0.25) is 4.79 Å². The Morgan fingerprint density at radius 1 is 1.50 bits per heavy atom. The number of halogens is 1. The molecule has 2 saturated heterocycles. The zero-order valence-corrected chi connectivity index (χ0v) is 10.5. The van der Waals surface area contributed by atoms with Gasteiger partial charge >= 0.3 is 0 Å². The summed E-state index contributed by atoms with van der Waals surface area (Å²) < 4.78 is 0. The van der Waals surface area contributed by atoms with Gasteiger partial charge in [-0.15, -0.1) is 12.4 Å². The number of β-amino-alcohol motifs (C(OH)–C–C–N with tert-alkyl or cyclic N) is 1. The molecule has 2 rings (SSSR count). The first-order valence-electron chi connectivity index (χ1n) is 5.87. The Balaban J connectivity index is 0.00000128. The largest absolute Gasteiger partial charge is 0.392 e. The van der Waals surface area contributed by atoms with Crippen LogP contribution in [0.5, 0.6) is 0 Å².